The van der Waals surface area contributed by atoms with Crippen molar-refractivity contribution >= 4 is 16.7 Å². The molecule has 0 aromatic heterocycles. The summed E-state index contributed by atoms with van der Waals surface area (Å²) in [5.74, 6) is 0.0135. The fourth-order valence-corrected chi connectivity index (χ4v) is 3.37. The number of benzene rings is 2. The van der Waals surface area contributed by atoms with Crippen LogP contribution >= 0.6 is 0 Å². The van der Waals surface area contributed by atoms with Gasteiger partial charge in [-0.25, -0.2) is 0 Å². The Kier molecular flexibility index (Phi) is 4.94. The van der Waals surface area contributed by atoms with Crippen LogP contribution in [0.25, 0.3) is 10.8 Å². The number of fused-ring (bicyclic) bond motifs is 1. The molecule has 122 valence electrons. The second kappa shape index (κ2) is 7.11. The van der Waals surface area contributed by atoms with Gasteiger partial charge in [-0.05, 0) is 42.6 Å². The number of rotatable bonds is 4. The first-order valence-corrected chi connectivity index (χ1v) is 8.31. The lowest BCUT2D eigenvalue weighted by atomic mass is 9.99. The fourth-order valence-electron chi connectivity index (χ4n) is 3.37. The Labute approximate surface area is 137 Å². The molecule has 3 rings (SSSR count). The molecule has 0 unspecified atom stereocenters. The second-order valence-electron chi connectivity index (χ2n) is 6.39. The smallest absolute Gasteiger partial charge is 0.234 e. The maximum Gasteiger partial charge on any atom is 0.234 e. The highest BCUT2D eigenvalue weighted by atomic mass is 16.3. The van der Waals surface area contributed by atoms with Gasteiger partial charge in [-0.3, -0.25) is 9.69 Å². The minimum atomic E-state index is -0.299. The molecule has 2 atom stereocenters. The van der Waals surface area contributed by atoms with Gasteiger partial charge < -0.3 is 10.4 Å². The van der Waals surface area contributed by atoms with Crippen LogP contribution in [0.2, 0.25) is 0 Å². The van der Waals surface area contributed by atoms with E-state index in [4.69, 9.17) is 0 Å². The molecule has 4 nitrogen and oxygen atoms in total. The molecule has 2 N–H and O–H groups in total. The van der Waals surface area contributed by atoms with Crippen LogP contribution < -0.4 is 5.32 Å². The zero-order valence-corrected chi connectivity index (χ0v) is 13.5. The molecule has 23 heavy (non-hydrogen) atoms. The van der Waals surface area contributed by atoms with Crippen molar-refractivity contribution < 1.29 is 9.90 Å². The summed E-state index contributed by atoms with van der Waals surface area (Å²) in [5, 5.41) is 15.1. The van der Waals surface area contributed by atoms with E-state index in [9.17, 15) is 9.90 Å². The molecular formula is C19H24N2O2. The van der Waals surface area contributed by atoms with Crippen LogP contribution in [0.5, 0.6) is 0 Å². The van der Waals surface area contributed by atoms with E-state index in [0.717, 1.165) is 24.9 Å². The number of aliphatic hydroxyl groups excluding tert-OH is 1. The molecule has 2 aromatic rings. The van der Waals surface area contributed by atoms with Crippen LogP contribution in [0.15, 0.2) is 42.5 Å². The summed E-state index contributed by atoms with van der Waals surface area (Å²) in [4.78, 5) is 14.3. The lowest BCUT2D eigenvalue weighted by Crippen LogP contribution is -2.44. The topological polar surface area (TPSA) is 52.6 Å². The summed E-state index contributed by atoms with van der Waals surface area (Å²) < 4.78 is 0. The van der Waals surface area contributed by atoms with Gasteiger partial charge in [0.05, 0.1) is 18.7 Å². The average Bonchev–Trinajstić information content (AvgIpc) is 2.54. The van der Waals surface area contributed by atoms with Crippen molar-refractivity contribution in [3.63, 3.8) is 0 Å². The standard InChI is InChI=1S/C19H24N2O2/c1-14(17-10-4-7-15-6-2-3-9-18(15)17)20-19(23)13-21-11-5-8-16(22)12-21/h2-4,6-7,9-10,14,16,22H,5,8,11-13H2,1H3,(H,20,23)/t14-,16+/m1/s1. The molecule has 1 fully saturated rings. The van der Waals surface area contributed by atoms with Crippen LogP contribution in [0.3, 0.4) is 0 Å². The number of piperidine rings is 1. The lowest BCUT2D eigenvalue weighted by Gasteiger charge is -2.29. The van der Waals surface area contributed by atoms with Gasteiger partial charge in [0.25, 0.3) is 0 Å². The summed E-state index contributed by atoms with van der Waals surface area (Å²) in [6.07, 6.45) is 1.49. The van der Waals surface area contributed by atoms with Crippen molar-refractivity contribution in [3.8, 4) is 0 Å². The molecule has 0 radical (unpaired) electrons. The van der Waals surface area contributed by atoms with E-state index in [2.05, 4.69) is 29.6 Å². The Balaban J connectivity index is 1.66. The number of nitrogens with zero attached hydrogens (tertiary/aromatic N) is 1. The van der Waals surface area contributed by atoms with Gasteiger partial charge in [0, 0.05) is 6.54 Å². The molecule has 1 aliphatic rings. The predicted octanol–water partition coefficient (Wildman–Crippen LogP) is 2.47. The summed E-state index contributed by atoms with van der Waals surface area (Å²) in [6, 6.07) is 14.4. The van der Waals surface area contributed by atoms with E-state index in [1.165, 1.54) is 10.8 Å². The molecule has 1 saturated heterocycles. The minimum absolute atomic E-state index is 0.0135. The number of hydrogen-bond acceptors (Lipinski definition) is 3. The first kappa shape index (κ1) is 16.0. The Morgan fingerprint density at radius 1 is 1.30 bits per heavy atom. The van der Waals surface area contributed by atoms with Crippen LogP contribution in [0, 0.1) is 0 Å². The third kappa shape index (κ3) is 3.89. The highest BCUT2D eigenvalue weighted by molar-refractivity contribution is 5.87. The lowest BCUT2D eigenvalue weighted by molar-refractivity contribution is -0.123. The third-order valence-corrected chi connectivity index (χ3v) is 4.52. The molecule has 1 amide bonds. The highest BCUT2D eigenvalue weighted by Crippen LogP contribution is 2.24. The monoisotopic (exact) mass is 312 g/mol. The largest absolute Gasteiger partial charge is 0.392 e. The van der Waals surface area contributed by atoms with E-state index in [1.54, 1.807) is 0 Å². The quantitative estimate of drug-likeness (QED) is 0.912. The summed E-state index contributed by atoms with van der Waals surface area (Å²) in [6.45, 7) is 3.85. The van der Waals surface area contributed by atoms with Gasteiger partial charge >= 0.3 is 0 Å². The van der Waals surface area contributed by atoms with Crippen molar-refractivity contribution in [1.82, 2.24) is 10.2 Å². The fraction of sp³-hybridized carbons (Fsp3) is 0.421. The van der Waals surface area contributed by atoms with E-state index in [1.807, 2.05) is 30.0 Å². The predicted molar refractivity (Wildman–Crippen MR) is 92.2 cm³/mol. The normalized spacial score (nSPS) is 20.3. The highest BCUT2D eigenvalue weighted by Gasteiger charge is 2.20. The number of aliphatic hydroxyl groups is 1. The van der Waals surface area contributed by atoms with Crippen molar-refractivity contribution in [3.05, 3.63) is 48.0 Å². The molecule has 0 aliphatic carbocycles. The van der Waals surface area contributed by atoms with Crippen LogP contribution in [0.1, 0.15) is 31.4 Å². The van der Waals surface area contributed by atoms with Crippen molar-refractivity contribution in [2.45, 2.75) is 31.9 Å². The molecule has 1 heterocycles. The zero-order chi connectivity index (χ0) is 16.2. The molecule has 4 heteroatoms. The number of nitrogens with one attached hydrogen (secondary N) is 1. The molecule has 0 bridgehead atoms. The number of amides is 1. The molecule has 0 spiro atoms. The van der Waals surface area contributed by atoms with Gasteiger partial charge in [-0.15, -0.1) is 0 Å². The first-order chi connectivity index (χ1) is 11.1. The van der Waals surface area contributed by atoms with Crippen LogP contribution in [0.4, 0.5) is 0 Å². The van der Waals surface area contributed by atoms with Crippen LogP contribution in [-0.4, -0.2) is 41.7 Å². The Bertz CT molecular complexity index is 681. The maximum absolute atomic E-state index is 12.3. The van der Waals surface area contributed by atoms with Crippen molar-refractivity contribution in [1.29, 1.82) is 0 Å². The second-order valence-corrected chi connectivity index (χ2v) is 6.39. The molecule has 1 aliphatic heterocycles. The Morgan fingerprint density at radius 3 is 2.91 bits per heavy atom. The van der Waals surface area contributed by atoms with E-state index >= 15 is 0 Å². The SMILES string of the molecule is C[C@@H](NC(=O)CN1CCC[C@H](O)C1)c1cccc2ccccc12. The molecular weight excluding hydrogens is 288 g/mol. The third-order valence-electron chi connectivity index (χ3n) is 4.52. The first-order valence-electron chi connectivity index (χ1n) is 8.31. The summed E-state index contributed by atoms with van der Waals surface area (Å²) >= 11 is 0. The Hall–Kier alpha value is -1.91. The van der Waals surface area contributed by atoms with Gasteiger partial charge in [-0.1, -0.05) is 42.5 Å². The number of β-amino-alcohol motifs (C(OH)–C–C–N with tert-alkyl or cyclic N) is 1. The number of carbonyl (C=O) groups is 1. The van der Waals surface area contributed by atoms with Crippen molar-refractivity contribution in [2.75, 3.05) is 19.6 Å². The molecule has 2 aromatic carbocycles. The van der Waals surface area contributed by atoms with Crippen LogP contribution in [-0.2, 0) is 4.79 Å². The van der Waals surface area contributed by atoms with E-state index in [-0.39, 0.29) is 18.1 Å². The van der Waals surface area contributed by atoms with E-state index in [0.29, 0.717) is 13.1 Å². The number of carbonyl (C=O) groups excluding carboxylic acids is 1. The molecule has 0 saturated carbocycles. The van der Waals surface area contributed by atoms with Gasteiger partial charge in [0.15, 0.2) is 0 Å². The number of hydrogen-bond donors (Lipinski definition) is 2. The van der Waals surface area contributed by atoms with Gasteiger partial charge in [-0.2, -0.15) is 0 Å². The summed E-state index contributed by atoms with van der Waals surface area (Å²) in [7, 11) is 0. The van der Waals surface area contributed by atoms with Crippen molar-refractivity contribution in [2.24, 2.45) is 0 Å². The maximum atomic E-state index is 12.3. The average molecular weight is 312 g/mol. The Morgan fingerprint density at radius 2 is 2.09 bits per heavy atom. The summed E-state index contributed by atoms with van der Waals surface area (Å²) in [5.41, 5.74) is 1.13. The minimum Gasteiger partial charge on any atom is -0.392 e. The van der Waals surface area contributed by atoms with E-state index < -0.39 is 0 Å². The zero-order valence-electron chi connectivity index (χ0n) is 13.5. The van der Waals surface area contributed by atoms with Gasteiger partial charge in [0.1, 0.15) is 0 Å². The van der Waals surface area contributed by atoms with Gasteiger partial charge in [0.2, 0.25) is 5.91 Å². The number of likely N-dealkylation sites (tertiary alicyclic amines) is 1.